The zero-order valence-corrected chi connectivity index (χ0v) is 9.87. The van der Waals surface area contributed by atoms with Gasteiger partial charge in [0.2, 0.25) is 0 Å². The number of amides is 1. The first-order valence-electron chi connectivity index (χ1n) is 4.44. The molecule has 5 heteroatoms. The summed E-state index contributed by atoms with van der Waals surface area (Å²) in [5.41, 5.74) is 1.63. The van der Waals surface area contributed by atoms with Crippen LogP contribution in [0.15, 0.2) is 22.7 Å². The fraction of sp³-hybridized carbons (Fsp3) is 0.300. The van der Waals surface area contributed by atoms with Gasteiger partial charge in [-0.15, -0.1) is 0 Å². The number of benzene rings is 1. The molecule has 2 N–H and O–H groups in total. The topological polar surface area (TPSA) is 58.6 Å². The number of anilines is 1. The van der Waals surface area contributed by atoms with Crippen LogP contribution >= 0.6 is 15.9 Å². The summed E-state index contributed by atoms with van der Waals surface area (Å²) in [7, 11) is 0. The van der Waals surface area contributed by atoms with Gasteiger partial charge in [0.25, 0.3) is 0 Å². The van der Waals surface area contributed by atoms with Gasteiger partial charge in [0.1, 0.15) is 6.61 Å². The van der Waals surface area contributed by atoms with Gasteiger partial charge in [0, 0.05) is 10.2 Å². The smallest absolute Gasteiger partial charge is 0.411 e. The lowest BCUT2D eigenvalue weighted by Gasteiger charge is -2.08. The second-order valence-corrected chi connectivity index (χ2v) is 3.86. The largest absolute Gasteiger partial charge is 0.447 e. The number of hydrogen-bond donors (Lipinski definition) is 2. The highest BCUT2D eigenvalue weighted by atomic mass is 79.9. The Kier molecular flexibility index (Phi) is 4.58. The van der Waals surface area contributed by atoms with Crippen molar-refractivity contribution in [3.63, 3.8) is 0 Å². The fourth-order valence-corrected chi connectivity index (χ4v) is 1.53. The standard InChI is InChI=1S/C10H12BrNO3/c1-7-6-8(11)2-3-9(7)12-10(14)15-5-4-13/h2-3,6,13H,4-5H2,1H3,(H,12,14). The predicted octanol–water partition coefficient (Wildman–Crippen LogP) is 2.30. The van der Waals surface area contributed by atoms with Crippen LogP contribution in [0, 0.1) is 6.92 Å². The van der Waals surface area contributed by atoms with E-state index in [0.29, 0.717) is 5.69 Å². The van der Waals surface area contributed by atoms with Crippen LogP contribution < -0.4 is 5.32 Å². The lowest BCUT2D eigenvalue weighted by Crippen LogP contribution is -2.16. The molecule has 1 aromatic rings. The van der Waals surface area contributed by atoms with Gasteiger partial charge in [-0.1, -0.05) is 15.9 Å². The van der Waals surface area contributed by atoms with Crippen LogP contribution in [0.2, 0.25) is 0 Å². The molecule has 0 fully saturated rings. The van der Waals surface area contributed by atoms with E-state index in [1.807, 2.05) is 19.1 Å². The molecule has 4 nitrogen and oxygen atoms in total. The van der Waals surface area contributed by atoms with Crippen LogP contribution in [-0.2, 0) is 4.74 Å². The number of aryl methyl sites for hydroxylation is 1. The Hall–Kier alpha value is -1.07. The van der Waals surface area contributed by atoms with Crippen molar-refractivity contribution in [1.82, 2.24) is 0 Å². The third kappa shape index (κ3) is 3.89. The predicted molar refractivity (Wildman–Crippen MR) is 60.9 cm³/mol. The van der Waals surface area contributed by atoms with E-state index in [0.717, 1.165) is 10.0 Å². The highest BCUT2D eigenvalue weighted by Crippen LogP contribution is 2.19. The van der Waals surface area contributed by atoms with E-state index in [1.54, 1.807) is 6.07 Å². The van der Waals surface area contributed by atoms with Crippen molar-refractivity contribution >= 4 is 27.7 Å². The number of hydrogen-bond acceptors (Lipinski definition) is 3. The number of carbonyl (C=O) groups excluding carboxylic acids is 1. The number of nitrogens with one attached hydrogen (secondary N) is 1. The summed E-state index contributed by atoms with van der Waals surface area (Å²) in [4.78, 5) is 11.2. The van der Waals surface area contributed by atoms with Gasteiger partial charge < -0.3 is 9.84 Å². The highest BCUT2D eigenvalue weighted by molar-refractivity contribution is 9.10. The summed E-state index contributed by atoms with van der Waals surface area (Å²) in [6.45, 7) is 1.71. The van der Waals surface area contributed by atoms with Crippen molar-refractivity contribution < 1.29 is 14.6 Å². The van der Waals surface area contributed by atoms with E-state index >= 15 is 0 Å². The minimum Gasteiger partial charge on any atom is -0.447 e. The van der Waals surface area contributed by atoms with E-state index in [4.69, 9.17) is 5.11 Å². The number of rotatable bonds is 3. The van der Waals surface area contributed by atoms with Crippen LogP contribution in [0.5, 0.6) is 0 Å². The molecule has 0 aliphatic rings. The molecule has 1 rings (SSSR count). The summed E-state index contributed by atoms with van der Waals surface area (Å²) in [6.07, 6.45) is -0.561. The summed E-state index contributed by atoms with van der Waals surface area (Å²) in [6, 6.07) is 5.50. The Balaban J connectivity index is 2.60. The van der Waals surface area contributed by atoms with Crippen LogP contribution in [0.3, 0.4) is 0 Å². The Labute approximate surface area is 96.4 Å². The molecule has 15 heavy (non-hydrogen) atoms. The third-order valence-corrected chi connectivity index (χ3v) is 2.24. The van der Waals surface area contributed by atoms with Gasteiger partial charge in [0.15, 0.2) is 0 Å². The van der Waals surface area contributed by atoms with Crippen LogP contribution in [0.1, 0.15) is 5.56 Å². The molecule has 0 saturated carbocycles. The molecule has 0 spiro atoms. The van der Waals surface area contributed by atoms with Gasteiger partial charge in [-0.05, 0) is 30.7 Å². The van der Waals surface area contributed by atoms with E-state index in [-0.39, 0.29) is 13.2 Å². The molecule has 0 heterocycles. The lowest BCUT2D eigenvalue weighted by atomic mass is 10.2. The molecule has 1 amide bonds. The lowest BCUT2D eigenvalue weighted by molar-refractivity contribution is 0.131. The summed E-state index contributed by atoms with van der Waals surface area (Å²) in [5, 5.41) is 11.0. The molecule has 0 aromatic heterocycles. The number of aliphatic hydroxyl groups excluding tert-OH is 1. The zero-order valence-electron chi connectivity index (χ0n) is 8.29. The molecular weight excluding hydrogens is 262 g/mol. The van der Waals surface area contributed by atoms with Gasteiger partial charge in [-0.25, -0.2) is 4.79 Å². The van der Waals surface area contributed by atoms with Crippen LogP contribution in [-0.4, -0.2) is 24.4 Å². The fourth-order valence-electron chi connectivity index (χ4n) is 1.05. The highest BCUT2D eigenvalue weighted by Gasteiger charge is 2.04. The van der Waals surface area contributed by atoms with E-state index in [2.05, 4.69) is 26.0 Å². The first-order chi connectivity index (χ1) is 7.13. The zero-order chi connectivity index (χ0) is 11.3. The first-order valence-corrected chi connectivity index (χ1v) is 5.23. The van der Waals surface area contributed by atoms with E-state index in [1.165, 1.54) is 0 Å². The molecule has 0 radical (unpaired) electrons. The molecule has 0 atom stereocenters. The number of halogens is 1. The SMILES string of the molecule is Cc1cc(Br)ccc1NC(=O)OCCO. The van der Waals surface area contributed by atoms with Gasteiger partial charge in [-0.3, -0.25) is 5.32 Å². The van der Waals surface area contributed by atoms with Crippen LogP contribution in [0.25, 0.3) is 0 Å². The van der Waals surface area contributed by atoms with Crippen molar-refractivity contribution in [2.75, 3.05) is 18.5 Å². The molecule has 0 aliphatic heterocycles. The Bertz CT molecular complexity index is 355. The molecule has 82 valence electrons. The average Bonchev–Trinajstić information content (AvgIpc) is 2.19. The van der Waals surface area contributed by atoms with Gasteiger partial charge in [0.05, 0.1) is 6.61 Å². The normalized spacial score (nSPS) is 9.80. The summed E-state index contributed by atoms with van der Waals surface area (Å²) >= 11 is 3.33. The van der Waals surface area contributed by atoms with Crippen LogP contribution in [0.4, 0.5) is 10.5 Å². The van der Waals surface area contributed by atoms with Crippen molar-refractivity contribution in [1.29, 1.82) is 0 Å². The maximum Gasteiger partial charge on any atom is 0.411 e. The van der Waals surface area contributed by atoms with Gasteiger partial charge >= 0.3 is 6.09 Å². The quantitative estimate of drug-likeness (QED) is 0.889. The molecule has 1 aromatic carbocycles. The maximum atomic E-state index is 11.2. The second-order valence-electron chi connectivity index (χ2n) is 2.94. The van der Waals surface area contributed by atoms with E-state index in [9.17, 15) is 4.79 Å². The molecule has 0 unspecified atom stereocenters. The van der Waals surface area contributed by atoms with Crippen molar-refractivity contribution in [2.45, 2.75) is 6.92 Å². The Morgan fingerprint density at radius 1 is 1.60 bits per heavy atom. The molecule has 0 bridgehead atoms. The Morgan fingerprint density at radius 3 is 2.93 bits per heavy atom. The molecule has 0 aliphatic carbocycles. The molecule has 0 saturated heterocycles. The van der Waals surface area contributed by atoms with Crippen molar-refractivity contribution in [2.24, 2.45) is 0 Å². The minimum atomic E-state index is -0.561. The first kappa shape index (κ1) is 12.0. The third-order valence-electron chi connectivity index (χ3n) is 1.75. The average molecular weight is 274 g/mol. The summed E-state index contributed by atoms with van der Waals surface area (Å²) < 4.78 is 5.62. The van der Waals surface area contributed by atoms with E-state index < -0.39 is 6.09 Å². The van der Waals surface area contributed by atoms with Gasteiger partial charge in [-0.2, -0.15) is 0 Å². The second kappa shape index (κ2) is 5.72. The van der Waals surface area contributed by atoms with Crippen molar-refractivity contribution in [3.05, 3.63) is 28.2 Å². The van der Waals surface area contributed by atoms with Crippen molar-refractivity contribution in [3.8, 4) is 0 Å². The number of carbonyl (C=O) groups is 1. The maximum absolute atomic E-state index is 11.2. The summed E-state index contributed by atoms with van der Waals surface area (Å²) in [5.74, 6) is 0. The number of ether oxygens (including phenoxy) is 1. The number of aliphatic hydroxyl groups is 1. The monoisotopic (exact) mass is 273 g/mol. The minimum absolute atomic E-state index is 0.00140. The Morgan fingerprint density at radius 2 is 2.33 bits per heavy atom. The molecular formula is C10H12BrNO3.